The minimum Gasteiger partial charge on any atom is -0.456 e. The monoisotopic (exact) mass is 538 g/mol. The number of fused-ring (bicyclic) bond motifs is 3. The summed E-state index contributed by atoms with van der Waals surface area (Å²) in [5.41, 5.74) is 6.37. The molecule has 0 bridgehead atoms. The van der Waals surface area contributed by atoms with Crippen LogP contribution in [0.1, 0.15) is 66.0 Å². The van der Waals surface area contributed by atoms with Crippen LogP contribution < -0.4 is 10.5 Å². The van der Waals surface area contributed by atoms with E-state index in [1.165, 1.54) is 24.0 Å². The Hall–Kier alpha value is -4.10. The second-order valence-electron chi connectivity index (χ2n) is 10.3. The van der Waals surface area contributed by atoms with E-state index < -0.39 is 5.76 Å². The lowest BCUT2D eigenvalue weighted by Gasteiger charge is -2.19. The molecule has 1 aliphatic carbocycles. The number of ether oxygens (including phenoxy) is 1. The molecule has 1 atom stereocenters. The van der Waals surface area contributed by atoms with Gasteiger partial charge in [-0.2, -0.15) is 0 Å². The Morgan fingerprint density at radius 2 is 1.97 bits per heavy atom. The van der Waals surface area contributed by atoms with Crippen LogP contribution in [-0.4, -0.2) is 19.7 Å². The molecule has 5 aromatic rings. The summed E-state index contributed by atoms with van der Waals surface area (Å²) >= 11 is 6.51. The van der Waals surface area contributed by atoms with Gasteiger partial charge in [-0.15, -0.1) is 0 Å². The number of imidazole rings is 1. The fourth-order valence-corrected chi connectivity index (χ4v) is 5.98. The van der Waals surface area contributed by atoms with Crippen molar-refractivity contribution in [2.24, 2.45) is 5.92 Å². The van der Waals surface area contributed by atoms with E-state index in [1.54, 1.807) is 6.08 Å². The van der Waals surface area contributed by atoms with Gasteiger partial charge in [-0.1, -0.05) is 60.1 Å². The van der Waals surface area contributed by atoms with Crippen LogP contribution in [0, 0.1) is 5.92 Å². The topological polar surface area (TPSA) is 85.9 Å². The minimum absolute atomic E-state index is 0.232. The summed E-state index contributed by atoms with van der Waals surface area (Å²) in [6.07, 6.45) is 5.98. The molecule has 196 valence electrons. The number of hydrogen-bond acceptors (Lipinski definition) is 5. The van der Waals surface area contributed by atoms with Gasteiger partial charge in [-0.3, -0.25) is 9.51 Å². The Morgan fingerprint density at radius 3 is 2.77 bits per heavy atom. The summed E-state index contributed by atoms with van der Waals surface area (Å²) in [6.45, 7) is 2.81. The lowest BCUT2D eigenvalue weighted by molar-refractivity contribution is 0.385. The number of aromatic amines is 1. The van der Waals surface area contributed by atoms with Crippen molar-refractivity contribution < 1.29 is 9.26 Å². The maximum absolute atomic E-state index is 11.7. The largest absolute Gasteiger partial charge is 0.456 e. The minimum atomic E-state index is -0.602. The van der Waals surface area contributed by atoms with Crippen LogP contribution in [0.2, 0.25) is 5.02 Å². The quantitative estimate of drug-likeness (QED) is 0.257. The summed E-state index contributed by atoms with van der Waals surface area (Å²) in [5, 5.41) is 4.53. The molecule has 1 aliphatic heterocycles. The van der Waals surface area contributed by atoms with Gasteiger partial charge in [-0.05, 0) is 60.6 Å². The first-order chi connectivity index (χ1) is 19.1. The van der Waals surface area contributed by atoms with Gasteiger partial charge in [0, 0.05) is 36.1 Å². The molecule has 0 saturated heterocycles. The first kappa shape index (κ1) is 24.0. The highest BCUT2D eigenvalue weighted by atomic mass is 35.5. The van der Waals surface area contributed by atoms with E-state index >= 15 is 0 Å². The van der Waals surface area contributed by atoms with Crippen molar-refractivity contribution in [1.82, 2.24) is 19.7 Å². The van der Waals surface area contributed by atoms with Crippen molar-refractivity contribution in [3.8, 4) is 5.75 Å². The molecule has 0 amide bonds. The molecule has 3 heterocycles. The highest BCUT2D eigenvalue weighted by Crippen LogP contribution is 2.52. The molecule has 1 fully saturated rings. The molecule has 1 N–H and O–H groups in total. The van der Waals surface area contributed by atoms with Crippen molar-refractivity contribution >= 4 is 34.5 Å². The fraction of sp³-hybridized carbons (Fsp3) is 0.258. The van der Waals surface area contributed by atoms with E-state index in [1.807, 2.05) is 24.3 Å². The van der Waals surface area contributed by atoms with Crippen LogP contribution in [-0.2, 0) is 13.0 Å². The number of rotatable bonds is 6. The first-order valence-electron chi connectivity index (χ1n) is 13.4. The lowest BCUT2D eigenvalue weighted by atomic mass is 9.83. The maximum atomic E-state index is 11.7. The van der Waals surface area contributed by atoms with Gasteiger partial charge in [0.2, 0.25) is 0 Å². The predicted octanol–water partition coefficient (Wildman–Crippen LogP) is 6.80. The van der Waals surface area contributed by atoms with Crippen LogP contribution in [0.3, 0.4) is 0 Å². The third kappa shape index (κ3) is 4.36. The number of hydrogen-bond donors (Lipinski definition) is 1. The van der Waals surface area contributed by atoms with Gasteiger partial charge in [0.05, 0.1) is 10.5 Å². The molecule has 7 nitrogen and oxygen atoms in total. The van der Waals surface area contributed by atoms with Crippen molar-refractivity contribution in [2.75, 3.05) is 0 Å². The standard InChI is InChI=1S/C31H27ClN4O3/c1-2-6-28-34-30-23(32)8-5-9-24(30)36(28)17-18-11-14-20-22(15-18)26(16-27-33-31(37)39-35-27)38-25-10-4-3-7-21(25)29(20)19-12-13-19/h3-5,7-11,14-16,19,29H,2,6,12-13,17H2,1H3,(H,33,35,37). The van der Waals surface area contributed by atoms with Gasteiger partial charge in [0.25, 0.3) is 0 Å². The van der Waals surface area contributed by atoms with Gasteiger partial charge >= 0.3 is 5.76 Å². The number of para-hydroxylation sites is 2. The summed E-state index contributed by atoms with van der Waals surface area (Å²) in [4.78, 5) is 19.2. The van der Waals surface area contributed by atoms with E-state index in [-0.39, 0.29) is 5.92 Å². The number of aryl methyl sites for hydroxylation is 1. The van der Waals surface area contributed by atoms with Crippen LogP contribution in [0.5, 0.6) is 5.75 Å². The fourth-order valence-electron chi connectivity index (χ4n) is 5.76. The Bertz CT molecular complexity index is 1790. The van der Waals surface area contributed by atoms with Crippen molar-refractivity contribution in [3.05, 3.63) is 110 Å². The molecule has 0 radical (unpaired) electrons. The second-order valence-corrected chi connectivity index (χ2v) is 10.7. The van der Waals surface area contributed by atoms with Crippen molar-refractivity contribution in [1.29, 1.82) is 0 Å². The normalized spacial score (nSPS) is 17.6. The van der Waals surface area contributed by atoms with Crippen LogP contribution in [0.15, 0.2) is 70.0 Å². The van der Waals surface area contributed by atoms with Gasteiger partial charge in [0.1, 0.15) is 22.8 Å². The SMILES string of the molecule is CCCc1nc2c(Cl)cccc2n1Cc1ccc2c(c1)C(=Cc1noc(=O)[nH]1)Oc1ccccc1C2C1CC1. The smallest absolute Gasteiger partial charge is 0.439 e. The number of aromatic nitrogens is 4. The zero-order valence-corrected chi connectivity index (χ0v) is 22.2. The molecule has 1 saturated carbocycles. The summed E-state index contributed by atoms with van der Waals surface area (Å²) in [5.74, 6) is 2.98. The molecule has 7 rings (SSSR count). The van der Waals surface area contributed by atoms with Crippen LogP contribution in [0.25, 0.3) is 22.9 Å². The third-order valence-corrected chi connectivity index (χ3v) is 7.94. The summed E-state index contributed by atoms with van der Waals surface area (Å²) < 4.78 is 13.6. The Labute approximate surface area is 230 Å². The van der Waals surface area contributed by atoms with E-state index in [0.717, 1.165) is 46.6 Å². The van der Waals surface area contributed by atoms with Crippen LogP contribution >= 0.6 is 11.6 Å². The lowest BCUT2D eigenvalue weighted by Crippen LogP contribution is -2.08. The molecular weight excluding hydrogens is 512 g/mol. The molecule has 2 aliphatic rings. The summed E-state index contributed by atoms with van der Waals surface area (Å²) in [6, 6.07) is 20.8. The van der Waals surface area contributed by atoms with Gasteiger partial charge < -0.3 is 9.30 Å². The van der Waals surface area contributed by atoms with Gasteiger partial charge in [-0.25, -0.2) is 9.78 Å². The number of nitrogens with one attached hydrogen (secondary N) is 1. The van der Waals surface area contributed by atoms with Gasteiger partial charge in [0.15, 0.2) is 5.82 Å². The van der Waals surface area contributed by atoms with Crippen LogP contribution in [0.4, 0.5) is 0 Å². The Balaban J connectivity index is 1.39. The molecule has 3 aromatic carbocycles. The van der Waals surface area contributed by atoms with E-state index in [9.17, 15) is 4.79 Å². The molecule has 2 aromatic heterocycles. The van der Waals surface area contributed by atoms with E-state index in [4.69, 9.17) is 25.8 Å². The van der Waals surface area contributed by atoms with E-state index in [0.29, 0.717) is 29.1 Å². The zero-order valence-electron chi connectivity index (χ0n) is 21.5. The van der Waals surface area contributed by atoms with E-state index in [2.05, 4.69) is 58.0 Å². The number of benzene rings is 3. The summed E-state index contributed by atoms with van der Waals surface area (Å²) in [7, 11) is 0. The highest BCUT2D eigenvalue weighted by Gasteiger charge is 2.38. The Kier molecular flexibility index (Phi) is 5.89. The highest BCUT2D eigenvalue weighted by molar-refractivity contribution is 6.34. The molecule has 39 heavy (non-hydrogen) atoms. The van der Waals surface area contributed by atoms with Crippen molar-refractivity contribution in [3.63, 3.8) is 0 Å². The first-order valence-corrected chi connectivity index (χ1v) is 13.8. The molecule has 8 heteroatoms. The number of H-pyrrole nitrogens is 1. The molecule has 0 spiro atoms. The molecule has 1 unspecified atom stereocenters. The third-order valence-electron chi connectivity index (χ3n) is 7.63. The van der Waals surface area contributed by atoms with Crippen molar-refractivity contribution in [2.45, 2.75) is 45.1 Å². The number of halogens is 1. The second kappa shape index (κ2) is 9.58. The average molecular weight is 539 g/mol. The molecular formula is C31H27ClN4O3. The average Bonchev–Trinajstić information content (AvgIpc) is 3.62. The Morgan fingerprint density at radius 1 is 1.10 bits per heavy atom. The zero-order chi connectivity index (χ0) is 26.5. The maximum Gasteiger partial charge on any atom is 0.439 e. The number of nitrogens with zero attached hydrogens (tertiary/aromatic N) is 3. The predicted molar refractivity (Wildman–Crippen MR) is 151 cm³/mol.